The van der Waals surface area contributed by atoms with Crippen molar-refractivity contribution in [3.63, 3.8) is 0 Å². The fraction of sp³-hybridized carbons (Fsp3) is 0. The van der Waals surface area contributed by atoms with Crippen molar-refractivity contribution in [3.8, 4) is 11.8 Å². The van der Waals surface area contributed by atoms with E-state index in [-0.39, 0.29) is 17.2 Å². The van der Waals surface area contributed by atoms with Gasteiger partial charge in [-0.2, -0.15) is 5.26 Å². The average molecular weight is 233 g/mol. The number of benzene rings is 1. The molecule has 7 nitrogen and oxygen atoms in total. The molecule has 0 atom stereocenters. The van der Waals surface area contributed by atoms with Gasteiger partial charge in [0.2, 0.25) is 0 Å². The van der Waals surface area contributed by atoms with Crippen molar-refractivity contribution in [2.24, 2.45) is 0 Å². The Morgan fingerprint density at radius 2 is 2.29 bits per heavy atom. The maximum atomic E-state index is 13.5. The van der Waals surface area contributed by atoms with Crippen LogP contribution in [0.1, 0.15) is 5.82 Å². The summed E-state index contributed by atoms with van der Waals surface area (Å²) < 4.78 is 14.6. The topological polar surface area (TPSA) is 97.6 Å². The summed E-state index contributed by atoms with van der Waals surface area (Å²) in [6.07, 6.45) is 1.16. The molecule has 0 aliphatic rings. The summed E-state index contributed by atoms with van der Waals surface area (Å²) in [5.41, 5.74) is -0.364. The minimum atomic E-state index is -0.811. The van der Waals surface area contributed by atoms with Crippen LogP contribution in [0.4, 0.5) is 10.1 Å². The van der Waals surface area contributed by atoms with Crippen LogP contribution in [-0.4, -0.2) is 19.7 Å². The lowest BCUT2D eigenvalue weighted by molar-refractivity contribution is -0.385. The van der Waals surface area contributed by atoms with Crippen molar-refractivity contribution in [2.45, 2.75) is 0 Å². The minimum Gasteiger partial charge on any atom is -0.258 e. The predicted octanol–water partition coefficient (Wildman–Crippen LogP) is 1.19. The number of nitro groups is 1. The summed E-state index contributed by atoms with van der Waals surface area (Å²) in [5.74, 6) is -0.920. The van der Waals surface area contributed by atoms with Gasteiger partial charge in [-0.05, 0) is 6.07 Å². The Morgan fingerprint density at radius 1 is 1.53 bits per heavy atom. The number of rotatable bonds is 2. The largest absolute Gasteiger partial charge is 0.272 e. The summed E-state index contributed by atoms with van der Waals surface area (Å²) in [7, 11) is 0. The normalized spacial score (nSPS) is 9.88. The first-order chi connectivity index (χ1) is 8.11. The molecule has 1 heterocycles. The van der Waals surface area contributed by atoms with Crippen LogP contribution in [0.25, 0.3) is 5.69 Å². The van der Waals surface area contributed by atoms with Crippen LogP contribution < -0.4 is 0 Å². The molecule has 0 saturated carbocycles. The van der Waals surface area contributed by atoms with Gasteiger partial charge in [0.05, 0.1) is 11.0 Å². The van der Waals surface area contributed by atoms with Gasteiger partial charge >= 0.3 is 0 Å². The fourth-order valence-corrected chi connectivity index (χ4v) is 1.23. The van der Waals surface area contributed by atoms with Crippen molar-refractivity contribution in [1.82, 2.24) is 14.8 Å². The highest BCUT2D eigenvalue weighted by Crippen LogP contribution is 2.18. The molecule has 2 aromatic rings. The van der Waals surface area contributed by atoms with E-state index in [0.717, 1.165) is 23.1 Å². The average Bonchev–Trinajstić information content (AvgIpc) is 2.77. The van der Waals surface area contributed by atoms with Gasteiger partial charge in [0, 0.05) is 6.07 Å². The monoisotopic (exact) mass is 233 g/mol. The van der Waals surface area contributed by atoms with Gasteiger partial charge in [-0.15, -0.1) is 5.10 Å². The van der Waals surface area contributed by atoms with E-state index in [1.54, 1.807) is 6.07 Å². The van der Waals surface area contributed by atoms with E-state index in [9.17, 15) is 14.5 Å². The van der Waals surface area contributed by atoms with Crippen molar-refractivity contribution in [3.05, 3.63) is 46.3 Å². The van der Waals surface area contributed by atoms with E-state index in [1.807, 2.05) is 0 Å². The van der Waals surface area contributed by atoms with Crippen LogP contribution in [0.15, 0.2) is 24.5 Å². The predicted molar refractivity (Wildman–Crippen MR) is 52.7 cm³/mol. The van der Waals surface area contributed by atoms with E-state index in [0.29, 0.717) is 0 Å². The molecule has 8 heteroatoms. The third-order valence-electron chi connectivity index (χ3n) is 1.98. The third-order valence-corrected chi connectivity index (χ3v) is 1.98. The van der Waals surface area contributed by atoms with Crippen LogP contribution in [0.5, 0.6) is 0 Å². The zero-order valence-corrected chi connectivity index (χ0v) is 8.24. The lowest BCUT2D eigenvalue weighted by Crippen LogP contribution is -2.00. The molecule has 0 N–H and O–H groups in total. The van der Waals surface area contributed by atoms with Gasteiger partial charge in [0.25, 0.3) is 11.5 Å². The zero-order chi connectivity index (χ0) is 12.4. The Bertz CT molecular complexity index is 631. The van der Waals surface area contributed by atoms with E-state index in [1.165, 1.54) is 6.07 Å². The van der Waals surface area contributed by atoms with E-state index >= 15 is 0 Å². The van der Waals surface area contributed by atoms with Crippen LogP contribution in [0.3, 0.4) is 0 Å². The smallest absolute Gasteiger partial charge is 0.258 e. The maximum Gasteiger partial charge on any atom is 0.272 e. The van der Waals surface area contributed by atoms with Crippen molar-refractivity contribution < 1.29 is 9.31 Å². The number of nitriles is 1. The number of aromatic nitrogens is 3. The van der Waals surface area contributed by atoms with Gasteiger partial charge in [-0.1, -0.05) is 0 Å². The second kappa shape index (κ2) is 3.97. The summed E-state index contributed by atoms with van der Waals surface area (Å²) in [4.78, 5) is 13.3. The van der Waals surface area contributed by atoms with Gasteiger partial charge in [-0.3, -0.25) is 10.1 Å². The lowest BCUT2D eigenvalue weighted by atomic mass is 10.3. The second-order valence-corrected chi connectivity index (χ2v) is 3.02. The standard InChI is InChI=1S/C9H4FN5O2/c10-7-3-6(15(16)17)1-2-8(7)14-5-12-9(4-11)13-14/h1-3,5H. The van der Waals surface area contributed by atoms with Crippen molar-refractivity contribution in [1.29, 1.82) is 5.26 Å². The molecule has 0 aliphatic heterocycles. The van der Waals surface area contributed by atoms with Crippen LogP contribution in [-0.2, 0) is 0 Å². The molecule has 0 fully saturated rings. The zero-order valence-electron chi connectivity index (χ0n) is 8.24. The molecule has 17 heavy (non-hydrogen) atoms. The number of non-ortho nitro benzene ring substituents is 1. The second-order valence-electron chi connectivity index (χ2n) is 3.02. The summed E-state index contributed by atoms with van der Waals surface area (Å²) >= 11 is 0. The van der Waals surface area contributed by atoms with Crippen molar-refractivity contribution in [2.75, 3.05) is 0 Å². The number of hydrogen-bond acceptors (Lipinski definition) is 5. The van der Waals surface area contributed by atoms with Crippen LogP contribution in [0, 0.1) is 27.3 Å². The van der Waals surface area contributed by atoms with Gasteiger partial charge in [-0.25, -0.2) is 14.1 Å². The molecule has 0 amide bonds. The Morgan fingerprint density at radius 3 is 2.82 bits per heavy atom. The minimum absolute atomic E-state index is 0.00963. The maximum absolute atomic E-state index is 13.5. The Kier molecular flexibility index (Phi) is 2.50. The number of nitro benzene ring substituents is 1. The first-order valence-corrected chi connectivity index (χ1v) is 4.38. The molecule has 84 valence electrons. The summed E-state index contributed by atoms with van der Waals surface area (Å²) in [6.45, 7) is 0. The van der Waals surface area contributed by atoms with Crippen molar-refractivity contribution >= 4 is 5.69 Å². The van der Waals surface area contributed by atoms with Crippen LogP contribution in [0.2, 0.25) is 0 Å². The van der Waals surface area contributed by atoms with E-state index in [2.05, 4.69) is 10.1 Å². The highest BCUT2D eigenvalue weighted by Gasteiger charge is 2.13. The Hall–Kier alpha value is -2.82. The SMILES string of the molecule is N#Cc1ncn(-c2ccc([N+](=O)[O-])cc2F)n1. The third kappa shape index (κ3) is 1.93. The highest BCUT2D eigenvalue weighted by atomic mass is 19.1. The van der Waals surface area contributed by atoms with Crippen LogP contribution >= 0.6 is 0 Å². The fourth-order valence-electron chi connectivity index (χ4n) is 1.23. The molecule has 0 bridgehead atoms. The summed E-state index contributed by atoms with van der Waals surface area (Å²) in [6, 6.07) is 4.82. The molecular formula is C9H4FN5O2. The molecule has 1 aromatic heterocycles. The number of nitrogens with zero attached hydrogens (tertiary/aromatic N) is 5. The number of halogens is 1. The molecule has 1 aromatic carbocycles. The van der Waals surface area contributed by atoms with E-state index < -0.39 is 10.7 Å². The van der Waals surface area contributed by atoms with E-state index in [4.69, 9.17) is 5.26 Å². The Balaban J connectivity index is 2.47. The molecule has 0 saturated heterocycles. The molecule has 2 rings (SSSR count). The van der Waals surface area contributed by atoms with Gasteiger partial charge < -0.3 is 0 Å². The van der Waals surface area contributed by atoms with Gasteiger partial charge in [0.1, 0.15) is 18.1 Å². The first kappa shape index (κ1) is 10.7. The lowest BCUT2D eigenvalue weighted by Gasteiger charge is -2.01. The molecule has 0 spiro atoms. The number of hydrogen-bond donors (Lipinski definition) is 0. The quantitative estimate of drug-likeness (QED) is 0.573. The summed E-state index contributed by atoms with van der Waals surface area (Å²) in [5, 5.41) is 22.6. The molecular weight excluding hydrogens is 229 g/mol. The molecule has 0 radical (unpaired) electrons. The highest BCUT2D eigenvalue weighted by molar-refractivity contribution is 5.41. The molecule has 0 unspecified atom stereocenters. The molecule has 0 aliphatic carbocycles. The van der Waals surface area contributed by atoms with Gasteiger partial charge in [0.15, 0.2) is 5.82 Å². The first-order valence-electron chi connectivity index (χ1n) is 4.38. The Labute approximate surface area is 93.9 Å².